The molecule has 0 fully saturated rings. The molecule has 3 nitrogen and oxygen atoms in total. The van der Waals surface area contributed by atoms with Crippen LogP contribution in [0, 0.1) is 6.92 Å². The minimum atomic E-state index is -0.298. The number of nitrogens with one attached hydrogen (secondary N) is 1. The fourth-order valence-corrected chi connectivity index (χ4v) is 1.79. The summed E-state index contributed by atoms with van der Waals surface area (Å²) in [6.07, 6.45) is 1.85. The fraction of sp³-hybridized carbons (Fsp3) is 0.286. The van der Waals surface area contributed by atoms with E-state index in [1.54, 1.807) is 6.07 Å². The summed E-state index contributed by atoms with van der Waals surface area (Å²) in [6, 6.07) is 9.24. The van der Waals surface area contributed by atoms with Gasteiger partial charge in [0.25, 0.3) is 0 Å². The van der Waals surface area contributed by atoms with Gasteiger partial charge < -0.3 is 4.98 Å². The Bertz CT molecular complexity index is 567. The Morgan fingerprint density at radius 3 is 2.53 bits per heavy atom. The van der Waals surface area contributed by atoms with E-state index < -0.39 is 0 Å². The molecule has 0 bridgehead atoms. The highest BCUT2D eigenvalue weighted by Crippen LogP contribution is 2.27. The summed E-state index contributed by atoms with van der Waals surface area (Å²) in [5, 5.41) is 0. The van der Waals surface area contributed by atoms with E-state index >= 15 is 0 Å². The van der Waals surface area contributed by atoms with Crippen LogP contribution in [0.5, 0.6) is 0 Å². The quantitative estimate of drug-likeness (QED) is 0.858. The van der Waals surface area contributed by atoms with Crippen molar-refractivity contribution in [1.82, 2.24) is 9.97 Å². The molecule has 0 saturated heterocycles. The van der Waals surface area contributed by atoms with Crippen LogP contribution in [0.15, 0.2) is 41.3 Å². The summed E-state index contributed by atoms with van der Waals surface area (Å²) < 4.78 is 0. The van der Waals surface area contributed by atoms with Gasteiger partial charge in [0.15, 0.2) is 0 Å². The highest BCUT2D eigenvalue weighted by atomic mass is 16.1. The number of pyridine rings is 2. The molecule has 0 spiro atoms. The van der Waals surface area contributed by atoms with Gasteiger partial charge >= 0.3 is 0 Å². The molecule has 88 valence electrons. The zero-order chi connectivity index (χ0) is 12.5. The van der Waals surface area contributed by atoms with Crippen molar-refractivity contribution in [1.29, 1.82) is 0 Å². The van der Waals surface area contributed by atoms with Gasteiger partial charge in [-0.1, -0.05) is 12.1 Å². The van der Waals surface area contributed by atoms with Crippen LogP contribution in [0.2, 0.25) is 0 Å². The lowest BCUT2D eigenvalue weighted by Crippen LogP contribution is -2.24. The first-order valence-corrected chi connectivity index (χ1v) is 5.63. The molecule has 0 radical (unpaired) electrons. The molecule has 0 aromatic carbocycles. The molecule has 17 heavy (non-hydrogen) atoms. The molecule has 2 aromatic rings. The van der Waals surface area contributed by atoms with Crippen LogP contribution in [0.3, 0.4) is 0 Å². The van der Waals surface area contributed by atoms with Gasteiger partial charge in [-0.2, -0.15) is 0 Å². The maximum Gasteiger partial charge on any atom is 0.248 e. The Morgan fingerprint density at radius 2 is 1.94 bits per heavy atom. The van der Waals surface area contributed by atoms with Gasteiger partial charge in [-0.3, -0.25) is 9.78 Å². The van der Waals surface area contributed by atoms with E-state index in [1.165, 1.54) is 6.07 Å². The highest BCUT2D eigenvalue weighted by Gasteiger charge is 2.25. The average molecular weight is 228 g/mol. The molecule has 2 rings (SSSR count). The van der Waals surface area contributed by atoms with Crippen molar-refractivity contribution in [2.45, 2.75) is 26.2 Å². The predicted octanol–water partition coefficient (Wildman–Crippen LogP) is 2.40. The second-order valence-electron chi connectivity index (χ2n) is 4.77. The number of hydrogen-bond acceptors (Lipinski definition) is 2. The van der Waals surface area contributed by atoms with Crippen LogP contribution < -0.4 is 5.56 Å². The third-order valence-electron chi connectivity index (χ3n) is 2.99. The average Bonchev–Trinajstić information content (AvgIpc) is 2.29. The summed E-state index contributed by atoms with van der Waals surface area (Å²) in [5.41, 5.74) is 2.58. The van der Waals surface area contributed by atoms with Crippen LogP contribution in [-0.4, -0.2) is 9.97 Å². The molecule has 0 saturated carbocycles. The molecule has 0 atom stereocenters. The molecule has 3 heteroatoms. The van der Waals surface area contributed by atoms with Crippen molar-refractivity contribution in [2.24, 2.45) is 0 Å². The van der Waals surface area contributed by atoms with Crippen molar-refractivity contribution in [3.8, 4) is 0 Å². The van der Waals surface area contributed by atoms with Crippen LogP contribution >= 0.6 is 0 Å². The summed E-state index contributed by atoms with van der Waals surface area (Å²) >= 11 is 0. The molecule has 0 aliphatic carbocycles. The van der Waals surface area contributed by atoms with Gasteiger partial charge in [0.05, 0.1) is 5.69 Å². The van der Waals surface area contributed by atoms with Crippen molar-refractivity contribution >= 4 is 0 Å². The Kier molecular flexibility index (Phi) is 2.84. The van der Waals surface area contributed by atoms with Crippen LogP contribution in [0.25, 0.3) is 0 Å². The van der Waals surface area contributed by atoms with Crippen LogP contribution in [0.4, 0.5) is 0 Å². The SMILES string of the molecule is Cc1ccc(C(C)(C)c2cccc(=O)[nH]2)nc1. The molecule has 1 N–H and O–H groups in total. The predicted molar refractivity (Wildman–Crippen MR) is 68.2 cm³/mol. The first-order chi connectivity index (χ1) is 8.00. The topological polar surface area (TPSA) is 45.8 Å². The molecule has 0 aliphatic heterocycles. The first kappa shape index (κ1) is 11.6. The minimum Gasteiger partial charge on any atom is -0.325 e. The Balaban J connectivity index is 2.49. The maximum atomic E-state index is 11.3. The normalized spacial score (nSPS) is 11.5. The van der Waals surface area contributed by atoms with E-state index in [1.807, 2.05) is 31.3 Å². The summed E-state index contributed by atoms with van der Waals surface area (Å²) in [7, 11) is 0. The second-order valence-corrected chi connectivity index (χ2v) is 4.77. The third-order valence-corrected chi connectivity index (χ3v) is 2.99. The Hall–Kier alpha value is -1.90. The molecular weight excluding hydrogens is 212 g/mol. The van der Waals surface area contributed by atoms with Crippen LogP contribution in [-0.2, 0) is 5.41 Å². The molecule has 0 aliphatic rings. The zero-order valence-electron chi connectivity index (χ0n) is 10.3. The van der Waals surface area contributed by atoms with Crippen LogP contribution in [0.1, 0.15) is 30.8 Å². The van der Waals surface area contributed by atoms with Gasteiger partial charge in [0.1, 0.15) is 0 Å². The number of aryl methyl sites for hydroxylation is 1. The number of aromatic nitrogens is 2. The van der Waals surface area contributed by atoms with Crippen molar-refractivity contribution in [3.05, 3.63) is 63.8 Å². The fourth-order valence-electron chi connectivity index (χ4n) is 1.79. The lowest BCUT2D eigenvalue weighted by Gasteiger charge is -2.24. The minimum absolute atomic E-state index is 0.0808. The number of aromatic amines is 1. The molecule has 2 heterocycles. The summed E-state index contributed by atoms with van der Waals surface area (Å²) in [5.74, 6) is 0. The number of H-pyrrole nitrogens is 1. The van der Waals surface area contributed by atoms with E-state index in [0.29, 0.717) is 0 Å². The molecular formula is C14H16N2O. The smallest absolute Gasteiger partial charge is 0.248 e. The lowest BCUT2D eigenvalue weighted by atomic mass is 9.84. The number of rotatable bonds is 2. The van der Waals surface area contributed by atoms with E-state index in [2.05, 4.69) is 23.8 Å². The molecule has 2 aromatic heterocycles. The molecule has 0 unspecified atom stereocenters. The monoisotopic (exact) mass is 228 g/mol. The lowest BCUT2D eigenvalue weighted by molar-refractivity contribution is 0.592. The zero-order valence-corrected chi connectivity index (χ0v) is 10.3. The van der Waals surface area contributed by atoms with Gasteiger partial charge in [-0.25, -0.2) is 0 Å². The van der Waals surface area contributed by atoms with E-state index in [9.17, 15) is 4.79 Å². The number of nitrogens with zero attached hydrogens (tertiary/aromatic N) is 1. The second kappa shape index (κ2) is 4.17. The Labute approximate surface area is 101 Å². The highest BCUT2D eigenvalue weighted by molar-refractivity contribution is 5.29. The van der Waals surface area contributed by atoms with Crippen molar-refractivity contribution < 1.29 is 0 Å². The Morgan fingerprint density at radius 1 is 1.18 bits per heavy atom. The first-order valence-electron chi connectivity index (χ1n) is 5.63. The molecule has 0 amide bonds. The maximum absolute atomic E-state index is 11.3. The van der Waals surface area contributed by atoms with Gasteiger partial charge in [0.2, 0.25) is 5.56 Å². The van der Waals surface area contributed by atoms with E-state index in [-0.39, 0.29) is 11.0 Å². The van der Waals surface area contributed by atoms with Crippen molar-refractivity contribution in [3.63, 3.8) is 0 Å². The standard InChI is InChI=1S/C14H16N2O/c1-10-7-8-11(15-9-10)14(2,3)12-5-4-6-13(17)16-12/h4-9H,1-3H3,(H,16,17). The van der Waals surface area contributed by atoms with Gasteiger partial charge in [-0.15, -0.1) is 0 Å². The van der Waals surface area contributed by atoms with E-state index in [0.717, 1.165) is 17.0 Å². The van der Waals surface area contributed by atoms with Crippen molar-refractivity contribution in [2.75, 3.05) is 0 Å². The van der Waals surface area contributed by atoms with Gasteiger partial charge in [-0.05, 0) is 38.5 Å². The third kappa shape index (κ3) is 2.28. The van der Waals surface area contributed by atoms with E-state index in [4.69, 9.17) is 0 Å². The largest absolute Gasteiger partial charge is 0.325 e. The summed E-state index contributed by atoms with van der Waals surface area (Å²) in [4.78, 5) is 18.6. The summed E-state index contributed by atoms with van der Waals surface area (Å²) in [6.45, 7) is 6.11. The number of hydrogen-bond donors (Lipinski definition) is 1. The van der Waals surface area contributed by atoms with Gasteiger partial charge in [0, 0.05) is 23.4 Å².